The Morgan fingerprint density at radius 1 is 1.33 bits per heavy atom. The van der Waals surface area contributed by atoms with Crippen molar-refractivity contribution < 1.29 is 4.79 Å². The standard InChI is InChI=1S/C16H15ClO/c17-13-3-4-14-11(8-13)5-6-16(15(14)18)9-10-1-2-12(16)7-10/h1,3-4,8,12H,2,5-7,9H2. The molecular formula is C16H15ClO. The number of hydrogen-bond donors (Lipinski definition) is 0. The largest absolute Gasteiger partial charge is 0.294 e. The van der Waals surface area contributed by atoms with Crippen molar-refractivity contribution in [3.8, 4) is 0 Å². The summed E-state index contributed by atoms with van der Waals surface area (Å²) in [6.07, 6.45) is 7.66. The molecule has 1 aromatic carbocycles. The molecule has 1 spiro atoms. The van der Waals surface area contributed by atoms with Crippen LogP contribution in [0.15, 0.2) is 29.8 Å². The van der Waals surface area contributed by atoms with Crippen LogP contribution in [0.5, 0.6) is 0 Å². The third-order valence-electron chi connectivity index (χ3n) is 5.13. The van der Waals surface area contributed by atoms with Crippen LogP contribution >= 0.6 is 11.6 Å². The monoisotopic (exact) mass is 258 g/mol. The molecule has 0 saturated heterocycles. The number of allylic oxidation sites excluding steroid dienone is 2. The van der Waals surface area contributed by atoms with Gasteiger partial charge in [0, 0.05) is 16.0 Å². The third-order valence-corrected chi connectivity index (χ3v) is 5.36. The van der Waals surface area contributed by atoms with Crippen LogP contribution in [0.1, 0.15) is 41.6 Å². The number of ketones is 1. The molecule has 2 atom stereocenters. The Hall–Kier alpha value is -1.08. The van der Waals surface area contributed by atoms with Crippen LogP contribution < -0.4 is 0 Å². The zero-order valence-electron chi connectivity index (χ0n) is 10.2. The molecule has 18 heavy (non-hydrogen) atoms. The molecule has 2 heteroatoms. The minimum absolute atomic E-state index is 0.0646. The van der Waals surface area contributed by atoms with E-state index in [4.69, 9.17) is 11.6 Å². The lowest BCUT2D eigenvalue weighted by Gasteiger charge is -2.38. The van der Waals surface area contributed by atoms with Crippen molar-refractivity contribution in [2.24, 2.45) is 11.3 Å². The second kappa shape index (κ2) is 3.48. The Labute approximate surface area is 112 Å². The fourth-order valence-electron chi connectivity index (χ4n) is 4.20. The maximum absolute atomic E-state index is 12.9. The van der Waals surface area contributed by atoms with Crippen LogP contribution in [-0.4, -0.2) is 5.78 Å². The molecule has 3 aliphatic rings. The van der Waals surface area contributed by atoms with Gasteiger partial charge in [-0.05, 0) is 61.8 Å². The van der Waals surface area contributed by atoms with E-state index in [-0.39, 0.29) is 5.41 Å². The van der Waals surface area contributed by atoms with E-state index in [1.54, 1.807) is 0 Å². The third kappa shape index (κ3) is 1.26. The van der Waals surface area contributed by atoms with Gasteiger partial charge in [-0.1, -0.05) is 23.3 Å². The first-order chi connectivity index (χ1) is 8.69. The molecule has 4 rings (SSSR count). The topological polar surface area (TPSA) is 17.1 Å². The minimum atomic E-state index is -0.0646. The van der Waals surface area contributed by atoms with E-state index in [1.807, 2.05) is 18.2 Å². The van der Waals surface area contributed by atoms with E-state index in [0.29, 0.717) is 11.7 Å². The van der Waals surface area contributed by atoms with Gasteiger partial charge in [-0.2, -0.15) is 0 Å². The van der Waals surface area contributed by atoms with Gasteiger partial charge in [0.2, 0.25) is 0 Å². The molecule has 0 N–H and O–H groups in total. The van der Waals surface area contributed by atoms with Crippen LogP contribution in [0, 0.1) is 11.3 Å². The lowest BCUT2D eigenvalue weighted by atomic mass is 9.63. The number of carbonyl (C=O) groups is 1. The van der Waals surface area contributed by atoms with E-state index in [1.165, 1.54) is 5.57 Å². The molecule has 0 heterocycles. The minimum Gasteiger partial charge on any atom is -0.294 e. The van der Waals surface area contributed by atoms with Gasteiger partial charge >= 0.3 is 0 Å². The van der Waals surface area contributed by atoms with Crippen molar-refractivity contribution in [2.45, 2.75) is 32.1 Å². The van der Waals surface area contributed by atoms with Crippen LogP contribution in [0.25, 0.3) is 0 Å². The molecule has 1 aromatic rings. The molecule has 0 aliphatic heterocycles. The Morgan fingerprint density at radius 2 is 2.22 bits per heavy atom. The van der Waals surface area contributed by atoms with E-state index in [2.05, 4.69) is 6.08 Å². The van der Waals surface area contributed by atoms with E-state index < -0.39 is 0 Å². The summed E-state index contributed by atoms with van der Waals surface area (Å²) in [5, 5.41) is 0.744. The zero-order chi connectivity index (χ0) is 12.3. The van der Waals surface area contributed by atoms with Gasteiger partial charge in [0.25, 0.3) is 0 Å². The van der Waals surface area contributed by atoms with Gasteiger partial charge in [0.05, 0.1) is 0 Å². The second-order valence-electron chi connectivity index (χ2n) is 5.96. The average molecular weight is 259 g/mol. The molecule has 0 radical (unpaired) electrons. The Morgan fingerprint density at radius 3 is 2.94 bits per heavy atom. The number of carbonyl (C=O) groups excluding carboxylic acids is 1. The summed E-state index contributed by atoms with van der Waals surface area (Å²) in [5.41, 5.74) is 3.53. The van der Waals surface area contributed by atoms with Crippen LogP contribution in [0.4, 0.5) is 0 Å². The number of Topliss-reactive ketones (excluding diaryl/α,β-unsaturated/α-hetero) is 1. The van der Waals surface area contributed by atoms with Crippen molar-refractivity contribution in [3.05, 3.63) is 46.0 Å². The van der Waals surface area contributed by atoms with Crippen molar-refractivity contribution in [3.63, 3.8) is 0 Å². The lowest BCUT2D eigenvalue weighted by molar-refractivity contribution is 0.0671. The van der Waals surface area contributed by atoms with E-state index >= 15 is 0 Å². The molecule has 2 unspecified atom stereocenters. The molecular weight excluding hydrogens is 244 g/mol. The van der Waals surface area contributed by atoms with Crippen molar-refractivity contribution >= 4 is 17.4 Å². The summed E-state index contributed by atoms with van der Waals surface area (Å²) in [4.78, 5) is 12.9. The molecule has 0 aromatic heterocycles. The molecule has 2 bridgehead atoms. The molecule has 3 aliphatic carbocycles. The molecule has 92 valence electrons. The molecule has 0 amide bonds. The highest BCUT2D eigenvalue weighted by atomic mass is 35.5. The highest BCUT2D eigenvalue weighted by Gasteiger charge is 2.53. The molecule has 1 fully saturated rings. The number of fused-ring (bicyclic) bond motifs is 4. The van der Waals surface area contributed by atoms with Crippen molar-refractivity contribution in [1.29, 1.82) is 0 Å². The molecule has 1 saturated carbocycles. The van der Waals surface area contributed by atoms with Gasteiger partial charge in [-0.3, -0.25) is 4.79 Å². The lowest BCUT2D eigenvalue weighted by Crippen LogP contribution is -2.39. The van der Waals surface area contributed by atoms with Crippen LogP contribution in [0.2, 0.25) is 5.02 Å². The maximum atomic E-state index is 12.9. The fourth-order valence-corrected chi connectivity index (χ4v) is 4.39. The predicted molar refractivity (Wildman–Crippen MR) is 72.0 cm³/mol. The SMILES string of the molecule is O=C1c2ccc(Cl)cc2CCC12CC1=CCC2C1. The smallest absolute Gasteiger partial charge is 0.169 e. The summed E-state index contributed by atoms with van der Waals surface area (Å²) in [6, 6.07) is 5.75. The van der Waals surface area contributed by atoms with Crippen molar-refractivity contribution in [1.82, 2.24) is 0 Å². The number of hydrogen-bond acceptors (Lipinski definition) is 1. The zero-order valence-corrected chi connectivity index (χ0v) is 11.0. The highest BCUT2D eigenvalue weighted by molar-refractivity contribution is 6.30. The molecule has 1 nitrogen and oxygen atoms in total. The summed E-state index contributed by atoms with van der Waals surface area (Å²) in [7, 11) is 0. The van der Waals surface area contributed by atoms with Gasteiger partial charge < -0.3 is 0 Å². The van der Waals surface area contributed by atoms with Gasteiger partial charge in [0.1, 0.15) is 0 Å². The first kappa shape index (κ1) is 10.8. The average Bonchev–Trinajstić information content (AvgIpc) is 2.95. The summed E-state index contributed by atoms with van der Waals surface area (Å²) in [6.45, 7) is 0. The Kier molecular flexibility index (Phi) is 2.09. The first-order valence-corrected chi connectivity index (χ1v) is 7.08. The van der Waals surface area contributed by atoms with Crippen LogP contribution in [0.3, 0.4) is 0 Å². The summed E-state index contributed by atoms with van der Waals surface area (Å²) >= 11 is 6.02. The normalized spacial score (nSPS) is 32.8. The van der Waals surface area contributed by atoms with Gasteiger partial charge in [-0.15, -0.1) is 0 Å². The number of aryl methyl sites for hydroxylation is 1. The van der Waals surface area contributed by atoms with Crippen LogP contribution in [-0.2, 0) is 6.42 Å². The van der Waals surface area contributed by atoms with E-state index in [0.717, 1.165) is 48.3 Å². The highest BCUT2D eigenvalue weighted by Crippen LogP contribution is 2.58. The van der Waals surface area contributed by atoms with Crippen molar-refractivity contribution in [2.75, 3.05) is 0 Å². The Balaban J connectivity index is 1.81. The maximum Gasteiger partial charge on any atom is 0.169 e. The number of halogens is 1. The van der Waals surface area contributed by atoms with Gasteiger partial charge in [-0.25, -0.2) is 0 Å². The number of rotatable bonds is 0. The Bertz CT molecular complexity index is 587. The van der Waals surface area contributed by atoms with E-state index in [9.17, 15) is 4.79 Å². The first-order valence-electron chi connectivity index (χ1n) is 6.70. The van der Waals surface area contributed by atoms with Gasteiger partial charge in [0.15, 0.2) is 5.78 Å². The summed E-state index contributed by atoms with van der Waals surface area (Å²) in [5.74, 6) is 0.956. The summed E-state index contributed by atoms with van der Waals surface area (Å²) < 4.78 is 0. The quantitative estimate of drug-likeness (QED) is 0.638. The fraction of sp³-hybridized carbons (Fsp3) is 0.438. The number of benzene rings is 1. The second-order valence-corrected chi connectivity index (χ2v) is 6.40. The predicted octanol–water partition coefficient (Wildman–Crippen LogP) is 4.20.